The zero-order chi connectivity index (χ0) is 27.8. The van der Waals surface area contributed by atoms with Crippen molar-refractivity contribution >= 4 is 6.29 Å². The van der Waals surface area contributed by atoms with Gasteiger partial charge in [0.2, 0.25) is 0 Å². The number of ether oxygens (including phenoxy) is 4. The van der Waals surface area contributed by atoms with E-state index in [0.717, 1.165) is 28.5 Å². The normalized spacial score (nSPS) is 14.2. The molecule has 0 radical (unpaired) electrons. The summed E-state index contributed by atoms with van der Waals surface area (Å²) in [5.74, 6) is 0. The Kier molecular flexibility index (Phi) is 12.1. The summed E-state index contributed by atoms with van der Waals surface area (Å²) in [6.45, 7) is 0.968. The summed E-state index contributed by atoms with van der Waals surface area (Å²) >= 11 is 0. The molecule has 0 amide bonds. The van der Waals surface area contributed by atoms with Crippen LogP contribution in [0.1, 0.15) is 22.3 Å². The summed E-state index contributed by atoms with van der Waals surface area (Å²) in [5.41, 5.74) is 3.77. The number of benzene rings is 4. The molecule has 0 aliphatic carbocycles. The van der Waals surface area contributed by atoms with Crippen LogP contribution in [-0.4, -0.2) is 42.4 Å². The molecule has 0 spiro atoms. The smallest absolute Gasteiger partial charge is 0.151 e. The molecule has 6 heteroatoms. The van der Waals surface area contributed by atoms with Crippen LogP contribution < -0.4 is 0 Å². The molecule has 0 aromatic heterocycles. The van der Waals surface area contributed by atoms with Gasteiger partial charge in [-0.1, -0.05) is 121 Å². The summed E-state index contributed by atoms with van der Waals surface area (Å²) < 4.78 is 24.5. The quantitative estimate of drug-likeness (QED) is 0.178. The maximum absolute atomic E-state index is 12.4. The van der Waals surface area contributed by atoms with E-state index < -0.39 is 24.4 Å². The fourth-order valence-electron chi connectivity index (χ4n) is 4.28. The van der Waals surface area contributed by atoms with E-state index >= 15 is 0 Å². The van der Waals surface area contributed by atoms with Crippen LogP contribution in [0.3, 0.4) is 0 Å². The summed E-state index contributed by atoms with van der Waals surface area (Å²) in [5, 5.41) is 11.4. The van der Waals surface area contributed by atoms with Crippen molar-refractivity contribution in [2.75, 3.05) is 6.61 Å². The Morgan fingerprint density at radius 3 is 1.32 bits per heavy atom. The highest BCUT2D eigenvalue weighted by Gasteiger charge is 2.37. The van der Waals surface area contributed by atoms with Crippen molar-refractivity contribution in [2.45, 2.75) is 50.8 Å². The molecule has 4 rings (SSSR count). The van der Waals surface area contributed by atoms with Gasteiger partial charge in [0, 0.05) is 0 Å². The fraction of sp³-hybridized carbons (Fsp3) is 0.265. The van der Waals surface area contributed by atoms with E-state index in [-0.39, 0.29) is 26.4 Å². The molecule has 0 fully saturated rings. The predicted molar refractivity (Wildman–Crippen MR) is 153 cm³/mol. The van der Waals surface area contributed by atoms with Gasteiger partial charge in [-0.3, -0.25) is 0 Å². The SMILES string of the molecule is O=C[C@H](OCc1ccccc1)[C@@H](OCc1ccccc1)[C@H](OCc1ccccc1)[C@H](O)COCc1ccccc1. The van der Waals surface area contributed by atoms with Crippen LogP contribution in [0.2, 0.25) is 0 Å². The number of hydrogen-bond acceptors (Lipinski definition) is 6. The number of hydrogen-bond donors (Lipinski definition) is 1. The third-order valence-electron chi connectivity index (χ3n) is 6.42. The summed E-state index contributed by atoms with van der Waals surface area (Å²) in [6, 6.07) is 38.7. The van der Waals surface area contributed by atoms with Gasteiger partial charge in [-0.25, -0.2) is 0 Å². The molecule has 0 aliphatic heterocycles. The Morgan fingerprint density at radius 1 is 0.525 bits per heavy atom. The summed E-state index contributed by atoms with van der Waals surface area (Å²) in [6.07, 6.45) is -3.18. The Morgan fingerprint density at radius 2 is 0.900 bits per heavy atom. The predicted octanol–water partition coefficient (Wildman–Crippen LogP) is 5.52. The van der Waals surface area contributed by atoms with Crippen LogP contribution in [0.15, 0.2) is 121 Å². The molecule has 0 heterocycles. The van der Waals surface area contributed by atoms with E-state index in [4.69, 9.17) is 18.9 Å². The highest BCUT2D eigenvalue weighted by Crippen LogP contribution is 2.21. The highest BCUT2D eigenvalue weighted by molar-refractivity contribution is 5.57. The van der Waals surface area contributed by atoms with Gasteiger partial charge in [0.1, 0.15) is 24.4 Å². The Balaban J connectivity index is 1.53. The second-order valence-corrected chi connectivity index (χ2v) is 9.49. The monoisotopic (exact) mass is 540 g/mol. The Hall–Kier alpha value is -3.65. The van der Waals surface area contributed by atoms with Gasteiger partial charge in [-0.05, 0) is 22.3 Å². The van der Waals surface area contributed by atoms with Crippen molar-refractivity contribution in [3.05, 3.63) is 144 Å². The standard InChI is InChI=1S/C34H36O6/c35-21-32(38-23-28-15-7-2-8-16-28)34(40-25-30-19-11-4-12-20-30)33(39-24-29-17-9-3-10-18-29)31(36)26-37-22-27-13-5-1-6-14-27/h1-21,31-34,36H,22-26H2/t31-,32+,33-,34-/m1/s1. The average molecular weight is 541 g/mol. The minimum Gasteiger partial charge on any atom is -0.388 e. The molecule has 40 heavy (non-hydrogen) atoms. The largest absolute Gasteiger partial charge is 0.388 e. The number of aldehydes is 1. The first kappa shape index (κ1) is 29.3. The van der Waals surface area contributed by atoms with Crippen LogP contribution in [0.5, 0.6) is 0 Å². The average Bonchev–Trinajstić information content (AvgIpc) is 3.01. The van der Waals surface area contributed by atoms with Crippen molar-refractivity contribution in [3.8, 4) is 0 Å². The highest BCUT2D eigenvalue weighted by atomic mass is 16.6. The lowest BCUT2D eigenvalue weighted by atomic mass is 10.0. The van der Waals surface area contributed by atoms with Crippen LogP contribution in [0.4, 0.5) is 0 Å². The molecule has 0 saturated carbocycles. The van der Waals surface area contributed by atoms with Crippen LogP contribution in [0.25, 0.3) is 0 Å². The molecule has 6 nitrogen and oxygen atoms in total. The van der Waals surface area contributed by atoms with Crippen molar-refractivity contribution in [1.82, 2.24) is 0 Å². The van der Waals surface area contributed by atoms with E-state index in [0.29, 0.717) is 6.61 Å². The maximum Gasteiger partial charge on any atom is 0.151 e. The van der Waals surface area contributed by atoms with Crippen LogP contribution >= 0.6 is 0 Å². The topological polar surface area (TPSA) is 74.2 Å². The molecule has 4 atom stereocenters. The van der Waals surface area contributed by atoms with Crippen LogP contribution in [0, 0.1) is 0 Å². The molecule has 0 unspecified atom stereocenters. The minimum absolute atomic E-state index is 0.0101. The summed E-state index contributed by atoms with van der Waals surface area (Å²) in [4.78, 5) is 12.4. The van der Waals surface area contributed by atoms with Gasteiger partial charge in [0.05, 0.1) is 33.0 Å². The maximum atomic E-state index is 12.4. The van der Waals surface area contributed by atoms with Crippen molar-refractivity contribution < 1.29 is 28.8 Å². The molecule has 0 aliphatic rings. The second kappa shape index (κ2) is 16.5. The number of carbonyl (C=O) groups is 1. The Labute approximate surface area is 236 Å². The van der Waals surface area contributed by atoms with Crippen molar-refractivity contribution in [1.29, 1.82) is 0 Å². The van der Waals surface area contributed by atoms with E-state index in [1.165, 1.54) is 0 Å². The van der Waals surface area contributed by atoms with E-state index in [9.17, 15) is 9.90 Å². The third kappa shape index (κ3) is 9.52. The zero-order valence-corrected chi connectivity index (χ0v) is 22.5. The van der Waals surface area contributed by atoms with E-state index in [1.54, 1.807) is 0 Å². The number of aliphatic hydroxyl groups excluding tert-OH is 1. The number of carbonyl (C=O) groups excluding carboxylic acids is 1. The van der Waals surface area contributed by atoms with Gasteiger partial charge < -0.3 is 28.8 Å². The van der Waals surface area contributed by atoms with Gasteiger partial charge >= 0.3 is 0 Å². The second-order valence-electron chi connectivity index (χ2n) is 9.49. The van der Waals surface area contributed by atoms with E-state index in [2.05, 4.69) is 0 Å². The molecule has 4 aromatic rings. The lowest BCUT2D eigenvalue weighted by Gasteiger charge is -2.34. The molecule has 0 saturated heterocycles. The minimum atomic E-state index is -1.09. The first-order valence-corrected chi connectivity index (χ1v) is 13.4. The molecule has 4 aromatic carbocycles. The van der Waals surface area contributed by atoms with Crippen molar-refractivity contribution in [2.24, 2.45) is 0 Å². The van der Waals surface area contributed by atoms with E-state index in [1.807, 2.05) is 121 Å². The van der Waals surface area contributed by atoms with Crippen molar-refractivity contribution in [3.63, 3.8) is 0 Å². The number of rotatable bonds is 17. The molecule has 208 valence electrons. The lowest BCUT2D eigenvalue weighted by molar-refractivity contribution is -0.185. The summed E-state index contributed by atoms with van der Waals surface area (Å²) in [7, 11) is 0. The van der Waals surface area contributed by atoms with Crippen LogP contribution in [-0.2, 0) is 50.2 Å². The van der Waals surface area contributed by atoms with Gasteiger partial charge in [-0.2, -0.15) is 0 Å². The first-order chi connectivity index (χ1) is 19.7. The van der Waals surface area contributed by atoms with Gasteiger partial charge in [0.15, 0.2) is 6.29 Å². The third-order valence-corrected chi connectivity index (χ3v) is 6.42. The Bertz CT molecular complexity index is 1220. The lowest BCUT2D eigenvalue weighted by Crippen LogP contribution is -2.50. The molecular formula is C34H36O6. The zero-order valence-electron chi connectivity index (χ0n) is 22.5. The molecule has 0 bridgehead atoms. The first-order valence-electron chi connectivity index (χ1n) is 13.4. The van der Waals surface area contributed by atoms with Gasteiger partial charge in [-0.15, -0.1) is 0 Å². The van der Waals surface area contributed by atoms with Gasteiger partial charge in [0.25, 0.3) is 0 Å². The molecular weight excluding hydrogens is 504 g/mol. The number of aliphatic hydroxyl groups is 1. The fourth-order valence-corrected chi connectivity index (χ4v) is 4.28. The molecule has 1 N–H and O–H groups in total.